The van der Waals surface area contributed by atoms with Crippen molar-refractivity contribution in [2.24, 2.45) is 0 Å². The molecule has 136 valence electrons. The summed E-state index contributed by atoms with van der Waals surface area (Å²) in [7, 11) is 0. The monoisotopic (exact) mass is 363 g/mol. The molecule has 9 nitrogen and oxygen atoms in total. The summed E-state index contributed by atoms with van der Waals surface area (Å²) in [5.41, 5.74) is 2.31. The third-order valence-electron chi connectivity index (χ3n) is 4.54. The molecule has 0 saturated carbocycles. The lowest BCUT2D eigenvalue weighted by Gasteiger charge is -2.32. The molecule has 5 rings (SSSR count). The van der Waals surface area contributed by atoms with Crippen LogP contribution in [0.2, 0.25) is 0 Å². The summed E-state index contributed by atoms with van der Waals surface area (Å²) in [6, 6.07) is 8.50. The summed E-state index contributed by atoms with van der Waals surface area (Å²) >= 11 is 0. The maximum Gasteiger partial charge on any atom is 0.298 e. The molecule has 27 heavy (non-hydrogen) atoms. The predicted molar refractivity (Wildman–Crippen MR) is 96.8 cm³/mol. The lowest BCUT2D eigenvalue weighted by molar-refractivity contribution is 0.213. The van der Waals surface area contributed by atoms with Crippen LogP contribution in [-0.2, 0) is 6.54 Å². The Bertz CT molecular complexity index is 1010. The lowest BCUT2D eigenvalue weighted by atomic mass is 10.3. The summed E-state index contributed by atoms with van der Waals surface area (Å²) in [5.74, 6) is 1.04. The van der Waals surface area contributed by atoms with E-state index < -0.39 is 0 Å². The first-order valence-corrected chi connectivity index (χ1v) is 8.77. The summed E-state index contributed by atoms with van der Waals surface area (Å²) < 4.78 is 11.2. The molecule has 0 atom stereocenters. The van der Waals surface area contributed by atoms with Gasteiger partial charge in [0.05, 0.1) is 12.7 Å². The number of benzene rings is 1. The SMILES string of the molecule is c1ccc2oc(N3CCN(Cc4nc(-c5cnccn5)no4)CC3)nc2c1. The molecule has 9 heteroatoms. The molecule has 0 N–H and O–H groups in total. The molecule has 0 amide bonds. The highest BCUT2D eigenvalue weighted by molar-refractivity contribution is 5.74. The summed E-state index contributed by atoms with van der Waals surface area (Å²) in [6.45, 7) is 3.99. The first-order valence-electron chi connectivity index (χ1n) is 8.77. The Morgan fingerprint density at radius 3 is 2.70 bits per heavy atom. The van der Waals surface area contributed by atoms with Gasteiger partial charge in [0.1, 0.15) is 11.2 Å². The molecule has 0 radical (unpaired) electrons. The van der Waals surface area contributed by atoms with Crippen molar-refractivity contribution in [3.63, 3.8) is 0 Å². The van der Waals surface area contributed by atoms with Crippen molar-refractivity contribution in [2.75, 3.05) is 31.1 Å². The summed E-state index contributed by atoms with van der Waals surface area (Å²) in [5, 5.41) is 3.99. The fraction of sp³-hybridized carbons (Fsp3) is 0.278. The van der Waals surface area contributed by atoms with Crippen molar-refractivity contribution in [3.8, 4) is 11.5 Å². The molecule has 0 unspecified atom stereocenters. The van der Waals surface area contributed by atoms with Gasteiger partial charge in [0.15, 0.2) is 5.58 Å². The normalized spacial score (nSPS) is 15.5. The van der Waals surface area contributed by atoms with Gasteiger partial charge in [0.25, 0.3) is 6.01 Å². The predicted octanol–water partition coefficient (Wildman–Crippen LogP) is 1.99. The average Bonchev–Trinajstić information content (AvgIpc) is 3.36. The average molecular weight is 363 g/mol. The van der Waals surface area contributed by atoms with Crippen LogP contribution < -0.4 is 4.90 Å². The Labute approximate surface area is 154 Å². The van der Waals surface area contributed by atoms with Crippen molar-refractivity contribution < 1.29 is 8.94 Å². The van der Waals surface area contributed by atoms with E-state index in [1.807, 2.05) is 24.3 Å². The molecule has 0 spiro atoms. The van der Waals surface area contributed by atoms with Gasteiger partial charge in [0.2, 0.25) is 11.7 Å². The molecule has 1 fully saturated rings. The van der Waals surface area contributed by atoms with E-state index in [1.165, 1.54) is 0 Å². The van der Waals surface area contributed by atoms with E-state index in [0.717, 1.165) is 37.3 Å². The zero-order chi connectivity index (χ0) is 18.1. The summed E-state index contributed by atoms with van der Waals surface area (Å²) in [6.07, 6.45) is 4.84. The van der Waals surface area contributed by atoms with Crippen molar-refractivity contribution in [3.05, 3.63) is 48.7 Å². The Morgan fingerprint density at radius 2 is 1.89 bits per heavy atom. The number of hydrogen-bond donors (Lipinski definition) is 0. The first kappa shape index (κ1) is 15.9. The van der Waals surface area contributed by atoms with Crippen molar-refractivity contribution in [1.82, 2.24) is 30.0 Å². The van der Waals surface area contributed by atoms with Gasteiger partial charge in [0, 0.05) is 38.6 Å². The zero-order valence-corrected chi connectivity index (χ0v) is 14.5. The minimum Gasteiger partial charge on any atom is -0.423 e. The molecule has 0 bridgehead atoms. The van der Waals surface area contributed by atoms with E-state index in [0.29, 0.717) is 30.0 Å². The van der Waals surface area contributed by atoms with Gasteiger partial charge in [-0.15, -0.1) is 0 Å². The standard InChI is InChI=1S/C18H17N7O2/c1-2-4-15-13(3-1)21-18(26-15)25-9-7-24(8-10-25)12-16-22-17(23-27-16)14-11-19-5-6-20-14/h1-6,11H,7-10,12H2. The van der Waals surface area contributed by atoms with Gasteiger partial charge in [-0.05, 0) is 12.1 Å². The van der Waals surface area contributed by atoms with Crippen LogP contribution >= 0.6 is 0 Å². The molecule has 1 aliphatic heterocycles. The third kappa shape index (κ3) is 3.24. The fourth-order valence-corrected chi connectivity index (χ4v) is 3.12. The quantitative estimate of drug-likeness (QED) is 0.539. The maximum atomic E-state index is 5.86. The molecule has 4 aromatic rings. The number of fused-ring (bicyclic) bond motifs is 1. The van der Waals surface area contributed by atoms with Gasteiger partial charge in [-0.1, -0.05) is 17.3 Å². The Hall–Kier alpha value is -3.33. The molecule has 0 aliphatic carbocycles. The third-order valence-corrected chi connectivity index (χ3v) is 4.54. The first-order chi connectivity index (χ1) is 13.3. The number of aromatic nitrogens is 5. The van der Waals surface area contributed by atoms with Crippen molar-refractivity contribution >= 4 is 17.1 Å². The topological polar surface area (TPSA) is 97.2 Å². The van der Waals surface area contributed by atoms with Crippen LogP contribution in [0.1, 0.15) is 5.89 Å². The molecule has 1 saturated heterocycles. The van der Waals surface area contributed by atoms with Gasteiger partial charge in [-0.2, -0.15) is 9.97 Å². The van der Waals surface area contributed by atoms with Crippen molar-refractivity contribution in [2.45, 2.75) is 6.54 Å². The molecular weight excluding hydrogens is 346 g/mol. The molecule has 1 aromatic carbocycles. The second-order valence-corrected chi connectivity index (χ2v) is 6.33. The van der Waals surface area contributed by atoms with Crippen LogP contribution in [0.4, 0.5) is 6.01 Å². The molecule has 1 aliphatic rings. The zero-order valence-electron chi connectivity index (χ0n) is 14.5. The fourth-order valence-electron chi connectivity index (χ4n) is 3.12. The second-order valence-electron chi connectivity index (χ2n) is 6.33. The van der Waals surface area contributed by atoms with Crippen molar-refractivity contribution in [1.29, 1.82) is 0 Å². The van der Waals surface area contributed by atoms with Gasteiger partial charge >= 0.3 is 0 Å². The number of hydrogen-bond acceptors (Lipinski definition) is 9. The van der Waals surface area contributed by atoms with Gasteiger partial charge in [-0.3, -0.25) is 9.88 Å². The van der Waals surface area contributed by atoms with E-state index in [-0.39, 0.29) is 0 Å². The number of anilines is 1. The molecule has 4 heterocycles. The largest absolute Gasteiger partial charge is 0.423 e. The molecular formula is C18H17N7O2. The highest BCUT2D eigenvalue weighted by atomic mass is 16.5. The minimum absolute atomic E-state index is 0.461. The van der Waals surface area contributed by atoms with E-state index in [1.54, 1.807) is 18.6 Å². The Balaban J connectivity index is 1.21. The second kappa shape index (κ2) is 6.76. The number of nitrogens with zero attached hydrogens (tertiary/aromatic N) is 7. The lowest BCUT2D eigenvalue weighted by Crippen LogP contribution is -2.46. The van der Waals surface area contributed by atoms with E-state index in [4.69, 9.17) is 8.94 Å². The number of oxazole rings is 1. The number of rotatable bonds is 4. The van der Waals surface area contributed by atoms with Gasteiger partial charge < -0.3 is 13.8 Å². The van der Waals surface area contributed by atoms with Crippen LogP contribution in [0.5, 0.6) is 0 Å². The number of para-hydroxylation sites is 2. The van der Waals surface area contributed by atoms with Crippen LogP contribution in [0.25, 0.3) is 22.6 Å². The molecule has 3 aromatic heterocycles. The Morgan fingerprint density at radius 1 is 1.00 bits per heavy atom. The van der Waals surface area contributed by atoms with Gasteiger partial charge in [-0.25, -0.2) is 4.98 Å². The Kier molecular flexibility index (Phi) is 3.98. The summed E-state index contributed by atoms with van der Waals surface area (Å²) in [4.78, 5) is 21.6. The van der Waals surface area contributed by atoms with Crippen LogP contribution in [0.15, 0.2) is 51.8 Å². The van der Waals surface area contributed by atoms with Crippen LogP contribution in [0, 0.1) is 0 Å². The van der Waals surface area contributed by atoms with Crippen LogP contribution in [0.3, 0.4) is 0 Å². The van der Waals surface area contributed by atoms with Crippen LogP contribution in [-0.4, -0.2) is 56.2 Å². The van der Waals surface area contributed by atoms with E-state index in [2.05, 4.69) is 34.9 Å². The number of piperazine rings is 1. The van der Waals surface area contributed by atoms with E-state index in [9.17, 15) is 0 Å². The smallest absolute Gasteiger partial charge is 0.298 e. The maximum absolute atomic E-state index is 5.86. The highest BCUT2D eigenvalue weighted by Gasteiger charge is 2.22. The van der Waals surface area contributed by atoms with E-state index >= 15 is 0 Å². The highest BCUT2D eigenvalue weighted by Crippen LogP contribution is 2.23. The minimum atomic E-state index is 0.461.